The maximum atomic E-state index is 12.1. The Bertz CT molecular complexity index is 858. The fraction of sp³-hybridized carbons (Fsp3) is 0.300. The van der Waals surface area contributed by atoms with Crippen LogP contribution < -0.4 is 10.2 Å². The molecule has 7 heteroatoms. The molecule has 1 amide bonds. The van der Waals surface area contributed by atoms with Gasteiger partial charge in [0.2, 0.25) is 0 Å². The first-order chi connectivity index (χ1) is 12.8. The molecule has 0 radical (unpaired) electrons. The number of amides is 1. The van der Waals surface area contributed by atoms with Crippen LogP contribution in [0.25, 0.3) is 0 Å². The number of carbonyl (C=O) groups excluding carboxylic acids is 1. The molecule has 2 aromatic rings. The van der Waals surface area contributed by atoms with Crippen molar-refractivity contribution in [3.8, 4) is 5.75 Å². The number of nitro benzene ring substituents is 1. The molecule has 0 saturated heterocycles. The van der Waals surface area contributed by atoms with E-state index in [1.807, 2.05) is 26.0 Å². The number of hydrazone groups is 1. The Morgan fingerprint density at radius 1 is 1.30 bits per heavy atom. The molecule has 1 N–H and O–H groups in total. The number of hydrogen-bond donors (Lipinski definition) is 1. The van der Waals surface area contributed by atoms with Crippen LogP contribution in [0.4, 0.5) is 5.69 Å². The highest BCUT2D eigenvalue weighted by atomic mass is 16.6. The van der Waals surface area contributed by atoms with E-state index >= 15 is 0 Å². The molecule has 0 aromatic heterocycles. The van der Waals surface area contributed by atoms with Crippen LogP contribution in [-0.2, 0) is 0 Å². The Hall–Kier alpha value is -3.22. The summed E-state index contributed by atoms with van der Waals surface area (Å²) in [5, 5.41) is 14.7. The molecule has 0 atom stereocenters. The van der Waals surface area contributed by atoms with Gasteiger partial charge in [-0.1, -0.05) is 13.8 Å². The molecule has 0 unspecified atom stereocenters. The topological polar surface area (TPSA) is 93.8 Å². The normalized spacial score (nSPS) is 11.0. The Morgan fingerprint density at radius 2 is 1.96 bits per heavy atom. The molecule has 0 fully saturated rings. The average Bonchev–Trinajstić information content (AvgIpc) is 2.63. The lowest BCUT2D eigenvalue weighted by Crippen LogP contribution is -2.17. The van der Waals surface area contributed by atoms with E-state index in [9.17, 15) is 14.9 Å². The van der Waals surface area contributed by atoms with Gasteiger partial charge in [-0.3, -0.25) is 14.9 Å². The molecule has 7 nitrogen and oxygen atoms in total. The molecular formula is C20H23N3O4. The van der Waals surface area contributed by atoms with Gasteiger partial charge in [0.1, 0.15) is 5.75 Å². The van der Waals surface area contributed by atoms with E-state index in [4.69, 9.17) is 4.74 Å². The second-order valence-electron chi connectivity index (χ2n) is 6.34. The van der Waals surface area contributed by atoms with Crippen LogP contribution in [0.5, 0.6) is 5.75 Å². The van der Waals surface area contributed by atoms with E-state index < -0.39 is 10.8 Å². The minimum absolute atomic E-state index is 0.0683. The summed E-state index contributed by atoms with van der Waals surface area (Å²) in [7, 11) is 0. The Morgan fingerprint density at radius 3 is 2.52 bits per heavy atom. The first-order valence-electron chi connectivity index (χ1n) is 8.68. The van der Waals surface area contributed by atoms with Crippen molar-refractivity contribution < 1.29 is 14.5 Å². The number of rotatable bonds is 7. The molecule has 0 aliphatic carbocycles. The lowest BCUT2D eigenvalue weighted by Gasteiger charge is -2.15. The zero-order valence-electron chi connectivity index (χ0n) is 15.9. The SMILES string of the molecule is CCOc1cc(C)c(/C=N\NC(=O)c2ccc([N+](=O)[O-])cc2)cc1C(C)C. The van der Waals surface area contributed by atoms with Crippen LogP contribution in [-0.4, -0.2) is 23.7 Å². The summed E-state index contributed by atoms with van der Waals surface area (Å²) in [5.74, 6) is 0.708. The monoisotopic (exact) mass is 369 g/mol. The molecule has 0 spiro atoms. The van der Waals surface area contributed by atoms with Crippen LogP contribution in [0, 0.1) is 17.0 Å². The largest absolute Gasteiger partial charge is 0.494 e. The van der Waals surface area contributed by atoms with Crippen LogP contribution in [0.1, 0.15) is 53.7 Å². The van der Waals surface area contributed by atoms with E-state index in [-0.39, 0.29) is 11.6 Å². The maximum absolute atomic E-state index is 12.1. The van der Waals surface area contributed by atoms with Crippen molar-refractivity contribution in [2.24, 2.45) is 5.10 Å². The second-order valence-corrected chi connectivity index (χ2v) is 6.34. The van der Waals surface area contributed by atoms with Crippen molar-refractivity contribution in [1.29, 1.82) is 0 Å². The van der Waals surface area contributed by atoms with Crippen molar-refractivity contribution in [3.63, 3.8) is 0 Å². The van der Waals surface area contributed by atoms with Gasteiger partial charge in [-0.15, -0.1) is 0 Å². The molecule has 142 valence electrons. The van der Waals surface area contributed by atoms with Gasteiger partial charge in [-0.25, -0.2) is 5.43 Å². The van der Waals surface area contributed by atoms with Gasteiger partial charge in [0.15, 0.2) is 0 Å². The second kappa shape index (κ2) is 8.93. The minimum Gasteiger partial charge on any atom is -0.494 e. The van der Waals surface area contributed by atoms with Crippen LogP contribution >= 0.6 is 0 Å². The zero-order valence-corrected chi connectivity index (χ0v) is 15.9. The van der Waals surface area contributed by atoms with Crippen molar-refractivity contribution in [3.05, 3.63) is 68.8 Å². The van der Waals surface area contributed by atoms with Gasteiger partial charge >= 0.3 is 0 Å². The summed E-state index contributed by atoms with van der Waals surface area (Å²) in [6.07, 6.45) is 1.58. The van der Waals surface area contributed by atoms with Crippen molar-refractivity contribution >= 4 is 17.8 Å². The summed E-state index contributed by atoms with van der Waals surface area (Å²) >= 11 is 0. The number of nitrogens with zero attached hydrogens (tertiary/aromatic N) is 2. The van der Waals surface area contributed by atoms with E-state index in [0.717, 1.165) is 22.4 Å². The van der Waals surface area contributed by atoms with Gasteiger partial charge in [0, 0.05) is 17.7 Å². The number of nitro groups is 1. The third kappa shape index (κ3) is 5.13. The highest BCUT2D eigenvalue weighted by molar-refractivity contribution is 5.95. The third-order valence-corrected chi connectivity index (χ3v) is 4.03. The molecule has 0 bridgehead atoms. The molecule has 0 saturated carbocycles. The fourth-order valence-corrected chi connectivity index (χ4v) is 2.55. The van der Waals surface area contributed by atoms with E-state index in [2.05, 4.69) is 24.4 Å². The summed E-state index contributed by atoms with van der Waals surface area (Å²) in [5.41, 5.74) is 5.61. The number of non-ortho nitro benzene ring substituents is 1. The standard InChI is InChI=1S/C20H23N3O4/c1-5-27-19-10-14(4)16(11-18(19)13(2)3)12-21-22-20(24)15-6-8-17(9-7-15)23(25)26/h6-13H,5H2,1-4H3,(H,22,24)/b21-12-. The maximum Gasteiger partial charge on any atom is 0.271 e. The molecule has 0 heterocycles. The molecule has 27 heavy (non-hydrogen) atoms. The predicted molar refractivity (Wildman–Crippen MR) is 105 cm³/mol. The number of nitrogens with one attached hydrogen (secondary N) is 1. The number of hydrogen-bond acceptors (Lipinski definition) is 5. The highest BCUT2D eigenvalue weighted by Gasteiger charge is 2.11. The van der Waals surface area contributed by atoms with Crippen LogP contribution in [0.15, 0.2) is 41.5 Å². The van der Waals surface area contributed by atoms with E-state index in [1.54, 1.807) is 6.21 Å². The van der Waals surface area contributed by atoms with Crippen LogP contribution in [0.3, 0.4) is 0 Å². The highest BCUT2D eigenvalue weighted by Crippen LogP contribution is 2.29. The quantitative estimate of drug-likeness (QED) is 0.450. The van der Waals surface area contributed by atoms with Crippen molar-refractivity contribution in [1.82, 2.24) is 5.43 Å². The predicted octanol–water partition coefficient (Wildman–Crippen LogP) is 4.19. The first kappa shape index (κ1) is 20.1. The van der Waals surface area contributed by atoms with Crippen molar-refractivity contribution in [2.75, 3.05) is 6.61 Å². The van der Waals surface area contributed by atoms with Gasteiger partial charge in [-0.05, 0) is 60.7 Å². The van der Waals surface area contributed by atoms with Gasteiger partial charge in [0.05, 0.1) is 17.7 Å². The fourth-order valence-electron chi connectivity index (χ4n) is 2.55. The number of benzene rings is 2. The smallest absolute Gasteiger partial charge is 0.271 e. The van der Waals surface area contributed by atoms with Gasteiger partial charge < -0.3 is 4.74 Å². The molecule has 2 rings (SSSR count). The van der Waals surface area contributed by atoms with Gasteiger partial charge in [-0.2, -0.15) is 5.10 Å². The number of aryl methyl sites for hydroxylation is 1. The minimum atomic E-state index is -0.513. The summed E-state index contributed by atoms with van der Waals surface area (Å²) in [4.78, 5) is 22.2. The molecule has 0 aliphatic rings. The van der Waals surface area contributed by atoms with Crippen molar-refractivity contribution in [2.45, 2.75) is 33.6 Å². The number of carbonyl (C=O) groups is 1. The molecule has 0 aliphatic heterocycles. The van der Waals surface area contributed by atoms with Crippen LogP contribution in [0.2, 0.25) is 0 Å². The summed E-state index contributed by atoms with van der Waals surface area (Å²) in [6, 6.07) is 9.32. The van der Waals surface area contributed by atoms with Gasteiger partial charge in [0.25, 0.3) is 11.6 Å². The Kier molecular flexibility index (Phi) is 6.65. The molecular weight excluding hydrogens is 346 g/mol. The first-order valence-corrected chi connectivity index (χ1v) is 8.68. The Labute approximate surface area is 158 Å². The third-order valence-electron chi connectivity index (χ3n) is 4.03. The summed E-state index contributed by atoms with van der Waals surface area (Å²) < 4.78 is 5.70. The van der Waals surface area contributed by atoms with E-state index in [1.165, 1.54) is 24.3 Å². The molecule has 2 aromatic carbocycles. The number of ether oxygens (including phenoxy) is 1. The average molecular weight is 369 g/mol. The van der Waals surface area contributed by atoms with E-state index in [0.29, 0.717) is 12.2 Å². The lowest BCUT2D eigenvalue weighted by atomic mass is 9.97. The summed E-state index contributed by atoms with van der Waals surface area (Å²) in [6.45, 7) is 8.67. The zero-order chi connectivity index (χ0) is 20.0. The lowest BCUT2D eigenvalue weighted by molar-refractivity contribution is -0.384. The Balaban J connectivity index is 2.14.